The first-order valence-corrected chi connectivity index (χ1v) is 9.38. The SMILES string of the molecule is CCCCCCCOC(=O)c1ccc(C(C)C)c(C(C)C)c1C(=O)O. The van der Waals surface area contributed by atoms with E-state index in [9.17, 15) is 14.7 Å². The van der Waals surface area contributed by atoms with Crippen LogP contribution in [0.3, 0.4) is 0 Å². The predicted molar refractivity (Wildman–Crippen MR) is 101 cm³/mol. The van der Waals surface area contributed by atoms with Crippen LogP contribution < -0.4 is 0 Å². The standard InChI is InChI=1S/C21H32O4/c1-6-7-8-9-10-13-25-21(24)17-12-11-16(14(2)3)18(15(4)5)19(17)20(22)23/h11-12,14-15H,6-10,13H2,1-5H3,(H,22,23). The third-order valence-corrected chi connectivity index (χ3v) is 4.39. The molecular formula is C21H32O4. The molecule has 25 heavy (non-hydrogen) atoms. The summed E-state index contributed by atoms with van der Waals surface area (Å²) in [6, 6.07) is 3.47. The number of carboxylic acids is 1. The van der Waals surface area contributed by atoms with E-state index in [1.807, 2.05) is 33.8 Å². The Morgan fingerprint density at radius 3 is 2.16 bits per heavy atom. The number of aromatic carboxylic acids is 1. The van der Waals surface area contributed by atoms with E-state index in [1.165, 1.54) is 12.8 Å². The molecule has 140 valence electrons. The van der Waals surface area contributed by atoms with Crippen molar-refractivity contribution in [3.63, 3.8) is 0 Å². The van der Waals surface area contributed by atoms with Crippen molar-refractivity contribution in [1.29, 1.82) is 0 Å². The number of carbonyl (C=O) groups is 2. The van der Waals surface area contributed by atoms with E-state index < -0.39 is 11.9 Å². The molecule has 0 saturated carbocycles. The van der Waals surface area contributed by atoms with Gasteiger partial charge in [-0.3, -0.25) is 0 Å². The normalized spacial score (nSPS) is 11.2. The van der Waals surface area contributed by atoms with E-state index in [4.69, 9.17) is 4.74 Å². The van der Waals surface area contributed by atoms with E-state index in [0.29, 0.717) is 6.61 Å². The fourth-order valence-electron chi connectivity index (χ4n) is 3.11. The van der Waals surface area contributed by atoms with E-state index in [-0.39, 0.29) is 23.0 Å². The maximum Gasteiger partial charge on any atom is 0.339 e. The lowest BCUT2D eigenvalue weighted by atomic mass is 9.84. The molecule has 0 atom stereocenters. The highest BCUT2D eigenvalue weighted by atomic mass is 16.5. The molecular weight excluding hydrogens is 316 g/mol. The molecule has 1 N–H and O–H groups in total. The van der Waals surface area contributed by atoms with Gasteiger partial charge >= 0.3 is 11.9 Å². The summed E-state index contributed by atoms with van der Waals surface area (Å²) in [5.74, 6) is -1.39. The summed E-state index contributed by atoms with van der Waals surface area (Å²) in [4.78, 5) is 24.3. The van der Waals surface area contributed by atoms with Gasteiger partial charge in [-0.1, -0.05) is 66.4 Å². The van der Waals surface area contributed by atoms with Crippen molar-refractivity contribution in [2.75, 3.05) is 6.61 Å². The molecule has 4 heteroatoms. The highest BCUT2D eigenvalue weighted by Crippen LogP contribution is 2.32. The van der Waals surface area contributed by atoms with Crippen LogP contribution in [0.25, 0.3) is 0 Å². The average molecular weight is 348 g/mol. The molecule has 0 heterocycles. The van der Waals surface area contributed by atoms with Gasteiger partial charge in [0.2, 0.25) is 0 Å². The Morgan fingerprint density at radius 2 is 1.64 bits per heavy atom. The van der Waals surface area contributed by atoms with Crippen LogP contribution in [0, 0.1) is 0 Å². The number of unbranched alkanes of at least 4 members (excludes halogenated alkanes) is 4. The fraction of sp³-hybridized carbons (Fsp3) is 0.619. The van der Waals surface area contributed by atoms with Gasteiger partial charge in [-0.15, -0.1) is 0 Å². The Labute approximate surface area is 151 Å². The van der Waals surface area contributed by atoms with Crippen molar-refractivity contribution >= 4 is 11.9 Å². The molecule has 0 aromatic heterocycles. The maximum absolute atomic E-state index is 12.4. The highest BCUT2D eigenvalue weighted by molar-refractivity contribution is 6.04. The Bertz CT molecular complexity index is 588. The lowest BCUT2D eigenvalue weighted by Crippen LogP contribution is -2.17. The molecule has 1 rings (SSSR count). The lowest BCUT2D eigenvalue weighted by Gasteiger charge is -2.20. The van der Waals surface area contributed by atoms with Crippen LogP contribution in [0.4, 0.5) is 0 Å². The minimum absolute atomic E-state index is 0.0188. The van der Waals surface area contributed by atoms with Crippen LogP contribution in [0.15, 0.2) is 12.1 Å². The van der Waals surface area contributed by atoms with Gasteiger partial charge in [0, 0.05) is 0 Å². The molecule has 0 amide bonds. The molecule has 1 aromatic rings. The summed E-state index contributed by atoms with van der Waals surface area (Å²) in [5, 5.41) is 9.71. The highest BCUT2D eigenvalue weighted by Gasteiger charge is 2.26. The molecule has 0 fully saturated rings. The first kappa shape index (κ1) is 21.2. The second-order valence-corrected chi connectivity index (χ2v) is 7.16. The van der Waals surface area contributed by atoms with Gasteiger partial charge < -0.3 is 9.84 Å². The monoisotopic (exact) mass is 348 g/mol. The van der Waals surface area contributed by atoms with Gasteiger partial charge in [0.25, 0.3) is 0 Å². The molecule has 0 spiro atoms. The van der Waals surface area contributed by atoms with Crippen molar-refractivity contribution < 1.29 is 19.4 Å². The molecule has 0 unspecified atom stereocenters. The van der Waals surface area contributed by atoms with Crippen molar-refractivity contribution in [1.82, 2.24) is 0 Å². The Hall–Kier alpha value is -1.84. The third kappa shape index (κ3) is 5.87. The van der Waals surface area contributed by atoms with E-state index in [0.717, 1.165) is 30.4 Å². The minimum atomic E-state index is -1.07. The van der Waals surface area contributed by atoms with Crippen LogP contribution in [0.1, 0.15) is 110 Å². The van der Waals surface area contributed by atoms with Crippen LogP contribution >= 0.6 is 0 Å². The van der Waals surface area contributed by atoms with E-state index in [1.54, 1.807) is 6.07 Å². The largest absolute Gasteiger partial charge is 0.478 e. The van der Waals surface area contributed by atoms with Crippen LogP contribution in [-0.2, 0) is 4.74 Å². The summed E-state index contributed by atoms with van der Waals surface area (Å²) in [6.45, 7) is 10.5. The van der Waals surface area contributed by atoms with Gasteiger partial charge in [-0.25, -0.2) is 9.59 Å². The van der Waals surface area contributed by atoms with Crippen molar-refractivity contribution in [3.05, 3.63) is 34.4 Å². The first-order valence-electron chi connectivity index (χ1n) is 9.38. The van der Waals surface area contributed by atoms with Gasteiger partial charge in [-0.05, 0) is 35.4 Å². The topological polar surface area (TPSA) is 63.6 Å². The van der Waals surface area contributed by atoms with Gasteiger partial charge in [-0.2, -0.15) is 0 Å². The number of ether oxygens (including phenoxy) is 1. The Balaban J connectivity index is 3.00. The maximum atomic E-state index is 12.4. The number of esters is 1. The zero-order valence-corrected chi connectivity index (χ0v) is 16.2. The third-order valence-electron chi connectivity index (χ3n) is 4.39. The Morgan fingerprint density at radius 1 is 1.00 bits per heavy atom. The lowest BCUT2D eigenvalue weighted by molar-refractivity contribution is 0.0487. The van der Waals surface area contributed by atoms with Crippen molar-refractivity contribution in [2.45, 2.75) is 78.6 Å². The minimum Gasteiger partial charge on any atom is -0.478 e. The molecule has 1 aromatic carbocycles. The molecule has 0 radical (unpaired) electrons. The summed E-state index contributed by atoms with van der Waals surface area (Å²) >= 11 is 0. The molecule has 0 aliphatic rings. The smallest absolute Gasteiger partial charge is 0.339 e. The number of carboxylic acid groups (broad SMARTS) is 1. The van der Waals surface area contributed by atoms with Crippen LogP contribution in [0.5, 0.6) is 0 Å². The quantitative estimate of drug-likeness (QED) is 0.431. The van der Waals surface area contributed by atoms with Crippen LogP contribution in [0.2, 0.25) is 0 Å². The molecule has 4 nitrogen and oxygen atoms in total. The van der Waals surface area contributed by atoms with Gasteiger partial charge in [0.1, 0.15) is 0 Å². The predicted octanol–water partition coefficient (Wildman–Crippen LogP) is 5.76. The summed E-state index contributed by atoms with van der Waals surface area (Å²) in [5.41, 5.74) is 1.97. The number of rotatable bonds is 10. The second-order valence-electron chi connectivity index (χ2n) is 7.16. The zero-order valence-electron chi connectivity index (χ0n) is 16.2. The van der Waals surface area contributed by atoms with E-state index >= 15 is 0 Å². The number of benzene rings is 1. The van der Waals surface area contributed by atoms with Crippen LogP contribution in [-0.4, -0.2) is 23.7 Å². The number of hydrogen-bond acceptors (Lipinski definition) is 3. The zero-order chi connectivity index (χ0) is 19.0. The van der Waals surface area contributed by atoms with Gasteiger partial charge in [0.05, 0.1) is 17.7 Å². The number of hydrogen-bond donors (Lipinski definition) is 1. The molecule has 0 aliphatic carbocycles. The Kier molecular flexibility index (Phi) is 8.67. The first-order chi connectivity index (χ1) is 11.8. The van der Waals surface area contributed by atoms with Gasteiger partial charge in [0.15, 0.2) is 0 Å². The second kappa shape index (κ2) is 10.2. The average Bonchev–Trinajstić information content (AvgIpc) is 2.55. The van der Waals surface area contributed by atoms with Crippen molar-refractivity contribution in [2.24, 2.45) is 0 Å². The molecule has 0 aliphatic heterocycles. The van der Waals surface area contributed by atoms with E-state index in [2.05, 4.69) is 6.92 Å². The fourth-order valence-corrected chi connectivity index (χ4v) is 3.11. The van der Waals surface area contributed by atoms with Crippen molar-refractivity contribution in [3.8, 4) is 0 Å². The molecule has 0 bridgehead atoms. The molecule has 0 saturated heterocycles. The summed E-state index contributed by atoms with van der Waals surface area (Å²) < 4.78 is 5.33. The summed E-state index contributed by atoms with van der Waals surface area (Å²) in [6.07, 6.45) is 5.33. The summed E-state index contributed by atoms with van der Waals surface area (Å²) in [7, 11) is 0. The number of carbonyl (C=O) groups excluding carboxylic acids is 1.